The topological polar surface area (TPSA) is 26.3 Å². The lowest BCUT2D eigenvalue weighted by molar-refractivity contribution is -0.127. The van der Waals surface area contributed by atoms with E-state index in [1.165, 1.54) is 6.42 Å². The first-order valence-corrected chi connectivity index (χ1v) is 5.14. The van der Waals surface area contributed by atoms with Crippen molar-refractivity contribution in [3.8, 4) is 0 Å². The van der Waals surface area contributed by atoms with Gasteiger partial charge in [-0.2, -0.15) is 0 Å². The summed E-state index contributed by atoms with van der Waals surface area (Å²) in [5, 5.41) is 0. The van der Waals surface area contributed by atoms with Crippen LogP contribution in [0.2, 0.25) is 0 Å². The van der Waals surface area contributed by atoms with Gasteiger partial charge in [-0.1, -0.05) is 6.92 Å². The molecular formula is C11H18O2. The molecule has 13 heavy (non-hydrogen) atoms. The number of rotatable bonds is 1. The van der Waals surface area contributed by atoms with Gasteiger partial charge in [-0.05, 0) is 31.6 Å². The van der Waals surface area contributed by atoms with E-state index < -0.39 is 0 Å². The van der Waals surface area contributed by atoms with Crippen LogP contribution in [-0.2, 0) is 9.53 Å². The zero-order valence-corrected chi connectivity index (χ0v) is 8.67. The van der Waals surface area contributed by atoms with Gasteiger partial charge < -0.3 is 4.74 Å². The van der Waals surface area contributed by atoms with E-state index in [9.17, 15) is 4.79 Å². The van der Waals surface area contributed by atoms with Gasteiger partial charge >= 0.3 is 0 Å². The fourth-order valence-corrected chi connectivity index (χ4v) is 3.01. The van der Waals surface area contributed by atoms with Crippen LogP contribution >= 0.6 is 0 Å². The summed E-state index contributed by atoms with van der Waals surface area (Å²) in [6.45, 7) is 4.23. The van der Waals surface area contributed by atoms with Crippen molar-refractivity contribution in [3.05, 3.63) is 0 Å². The number of hydrogen-bond donors (Lipinski definition) is 0. The van der Waals surface area contributed by atoms with E-state index >= 15 is 0 Å². The first kappa shape index (κ1) is 9.20. The second-order valence-electron chi connectivity index (χ2n) is 4.87. The number of fused-ring (bicyclic) bond motifs is 2. The second-order valence-corrected chi connectivity index (χ2v) is 4.87. The van der Waals surface area contributed by atoms with Crippen molar-refractivity contribution < 1.29 is 9.53 Å². The van der Waals surface area contributed by atoms with Gasteiger partial charge in [0, 0.05) is 19.4 Å². The van der Waals surface area contributed by atoms with E-state index in [1.807, 2.05) is 0 Å². The molecule has 0 spiro atoms. The summed E-state index contributed by atoms with van der Waals surface area (Å²) in [7, 11) is 1.77. The molecule has 74 valence electrons. The van der Waals surface area contributed by atoms with Crippen molar-refractivity contribution in [2.75, 3.05) is 7.11 Å². The van der Waals surface area contributed by atoms with Crippen LogP contribution in [0, 0.1) is 17.8 Å². The largest absolute Gasteiger partial charge is 0.378 e. The SMILES string of the molecule is COC1(C)CC2CC1CC(=O)C2C. The molecule has 0 N–H and O–H groups in total. The maximum Gasteiger partial charge on any atom is 0.136 e. The molecule has 0 aromatic rings. The summed E-state index contributed by atoms with van der Waals surface area (Å²) >= 11 is 0. The summed E-state index contributed by atoms with van der Waals surface area (Å²) in [5.41, 5.74) is -0.0227. The van der Waals surface area contributed by atoms with Crippen LogP contribution in [0.3, 0.4) is 0 Å². The van der Waals surface area contributed by atoms with Crippen LogP contribution in [0.25, 0.3) is 0 Å². The molecule has 0 saturated heterocycles. The number of carbonyl (C=O) groups is 1. The maximum atomic E-state index is 11.6. The lowest BCUT2D eigenvalue weighted by atomic mass is 9.79. The highest BCUT2D eigenvalue weighted by molar-refractivity contribution is 5.82. The van der Waals surface area contributed by atoms with Crippen LogP contribution in [0.1, 0.15) is 33.1 Å². The fraction of sp³-hybridized carbons (Fsp3) is 0.909. The Bertz CT molecular complexity index is 236. The molecule has 2 aliphatic rings. The van der Waals surface area contributed by atoms with Crippen LogP contribution < -0.4 is 0 Å². The smallest absolute Gasteiger partial charge is 0.136 e. The van der Waals surface area contributed by atoms with Crippen molar-refractivity contribution in [2.45, 2.75) is 38.7 Å². The van der Waals surface area contributed by atoms with Gasteiger partial charge in [-0.15, -0.1) is 0 Å². The molecule has 0 radical (unpaired) electrons. The Morgan fingerprint density at radius 1 is 1.54 bits per heavy atom. The molecule has 2 rings (SSSR count). The van der Waals surface area contributed by atoms with Gasteiger partial charge in [-0.25, -0.2) is 0 Å². The predicted molar refractivity (Wildman–Crippen MR) is 50.4 cm³/mol. The monoisotopic (exact) mass is 182 g/mol. The maximum absolute atomic E-state index is 11.6. The van der Waals surface area contributed by atoms with E-state index in [2.05, 4.69) is 13.8 Å². The number of ketones is 1. The molecule has 2 heteroatoms. The quantitative estimate of drug-likeness (QED) is 0.620. The summed E-state index contributed by atoms with van der Waals surface area (Å²) < 4.78 is 5.56. The van der Waals surface area contributed by atoms with E-state index in [-0.39, 0.29) is 11.5 Å². The van der Waals surface area contributed by atoms with Gasteiger partial charge in [0.1, 0.15) is 5.78 Å². The van der Waals surface area contributed by atoms with Crippen LogP contribution in [0.5, 0.6) is 0 Å². The first-order valence-electron chi connectivity index (χ1n) is 5.14. The Balaban J connectivity index is 2.23. The summed E-state index contributed by atoms with van der Waals surface area (Å²) in [4.78, 5) is 11.6. The molecule has 2 fully saturated rings. The lowest BCUT2D eigenvalue weighted by Gasteiger charge is -2.29. The molecule has 2 bridgehead atoms. The zero-order chi connectivity index (χ0) is 9.64. The Morgan fingerprint density at radius 3 is 2.85 bits per heavy atom. The van der Waals surface area contributed by atoms with E-state index in [4.69, 9.17) is 4.74 Å². The highest BCUT2D eigenvalue weighted by Gasteiger charge is 2.51. The Morgan fingerprint density at radius 2 is 2.23 bits per heavy atom. The van der Waals surface area contributed by atoms with E-state index in [0.29, 0.717) is 17.6 Å². The fourth-order valence-electron chi connectivity index (χ4n) is 3.01. The van der Waals surface area contributed by atoms with Crippen molar-refractivity contribution in [1.29, 1.82) is 0 Å². The van der Waals surface area contributed by atoms with Crippen LogP contribution in [-0.4, -0.2) is 18.5 Å². The van der Waals surface area contributed by atoms with Crippen molar-refractivity contribution in [2.24, 2.45) is 17.8 Å². The third-order valence-electron chi connectivity index (χ3n) is 4.25. The molecule has 0 aliphatic heterocycles. The number of carbonyl (C=O) groups excluding carboxylic acids is 1. The van der Waals surface area contributed by atoms with E-state index in [0.717, 1.165) is 12.8 Å². The average Bonchev–Trinajstić information content (AvgIpc) is 2.39. The molecule has 2 aliphatic carbocycles. The molecule has 2 nitrogen and oxygen atoms in total. The number of hydrogen-bond acceptors (Lipinski definition) is 2. The van der Waals surface area contributed by atoms with Gasteiger partial charge in [0.05, 0.1) is 5.60 Å². The molecule has 4 atom stereocenters. The number of methoxy groups -OCH3 is 1. The van der Waals surface area contributed by atoms with Gasteiger partial charge in [0.15, 0.2) is 0 Å². The van der Waals surface area contributed by atoms with Crippen molar-refractivity contribution in [1.82, 2.24) is 0 Å². The summed E-state index contributed by atoms with van der Waals surface area (Å²) in [5.74, 6) is 1.78. The predicted octanol–water partition coefficient (Wildman–Crippen LogP) is 2.03. The highest BCUT2D eigenvalue weighted by atomic mass is 16.5. The first-order chi connectivity index (χ1) is 6.07. The molecular weight excluding hydrogens is 164 g/mol. The van der Waals surface area contributed by atoms with Gasteiger partial charge in [-0.3, -0.25) is 4.79 Å². The van der Waals surface area contributed by atoms with Crippen molar-refractivity contribution in [3.63, 3.8) is 0 Å². The highest BCUT2D eigenvalue weighted by Crippen LogP contribution is 2.50. The minimum atomic E-state index is -0.0227. The van der Waals surface area contributed by atoms with Gasteiger partial charge in [0.2, 0.25) is 0 Å². The minimum absolute atomic E-state index is 0.0227. The molecule has 0 aromatic heterocycles. The number of Topliss-reactive ketones (excluding diaryl/α,β-unsaturated/α-hetero) is 1. The molecule has 4 unspecified atom stereocenters. The molecule has 0 heterocycles. The second kappa shape index (κ2) is 2.81. The molecule has 0 aromatic carbocycles. The normalized spacial score (nSPS) is 49.8. The minimum Gasteiger partial charge on any atom is -0.378 e. The Kier molecular flexibility index (Phi) is 1.99. The van der Waals surface area contributed by atoms with Crippen molar-refractivity contribution >= 4 is 5.78 Å². The van der Waals surface area contributed by atoms with Crippen LogP contribution in [0.4, 0.5) is 0 Å². The summed E-state index contributed by atoms with van der Waals surface area (Å²) in [6.07, 6.45) is 3.00. The third kappa shape index (κ3) is 1.23. The summed E-state index contributed by atoms with van der Waals surface area (Å²) in [6, 6.07) is 0. The third-order valence-corrected chi connectivity index (χ3v) is 4.25. The lowest BCUT2D eigenvalue weighted by Crippen LogP contribution is -2.33. The van der Waals surface area contributed by atoms with E-state index in [1.54, 1.807) is 7.11 Å². The average molecular weight is 182 g/mol. The molecule has 2 saturated carbocycles. The van der Waals surface area contributed by atoms with Crippen LogP contribution in [0.15, 0.2) is 0 Å². The van der Waals surface area contributed by atoms with Gasteiger partial charge in [0.25, 0.3) is 0 Å². The number of ether oxygens (including phenoxy) is 1. The Hall–Kier alpha value is -0.370. The Labute approximate surface area is 79.7 Å². The zero-order valence-electron chi connectivity index (χ0n) is 8.67. The molecule has 0 amide bonds. The standard InChI is InChI=1S/C11H18O2/c1-7-8-4-9(5-10(7)12)11(2,6-8)13-3/h7-9H,4-6H2,1-3H3.